The lowest BCUT2D eigenvalue weighted by molar-refractivity contribution is 0.00578. The van der Waals surface area contributed by atoms with Crippen molar-refractivity contribution in [2.24, 2.45) is 0 Å². The van der Waals surface area contributed by atoms with Gasteiger partial charge in [-0.05, 0) is 40.5 Å². The SMILES string of the molecule is CC(C)(C)c1nn(OC(=O)N2CCCC2)cc1B1OC(C)(C)C(C)(C)O1. The Hall–Kier alpha value is -1.54. The molecule has 0 N–H and O–H groups in total. The van der Waals surface area contributed by atoms with E-state index in [9.17, 15) is 4.79 Å². The molecule has 1 aromatic rings. The van der Waals surface area contributed by atoms with Gasteiger partial charge in [0.05, 0.1) is 23.1 Å². The van der Waals surface area contributed by atoms with Gasteiger partial charge in [-0.25, -0.2) is 4.79 Å². The monoisotopic (exact) mass is 363 g/mol. The van der Waals surface area contributed by atoms with E-state index < -0.39 is 18.3 Å². The summed E-state index contributed by atoms with van der Waals surface area (Å²) in [5.74, 6) is 0. The van der Waals surface area contributed by atoms with E-state index in [1.165, 1.54) is 4.85 Å². The number of aromatic nitrogens is 2. The summed E-state index contributed by atoms with van der Waals surface area (Å²) in [6, 6.07) is 0. The van der Waals surface area contributed by atoms with Crippen LogP contribution in [-0.4, -0.2) is 52.3 Å². The summed E-state index contributed by atoms with van der Waals surface area (Å²) < 4.78 is 12.4. The van der Waals surface area contributed by atoms with Crippen LogP contribution in [-0.2, 0) is 14.7 Å². The van der Waals surface area contributed by atoms with Crippen molar-refractivity contribution in [3.63, 3.8) is 0 Å². The Morgan fingerprint density at radius 3 is 2.19 bits per heavy atom. The van der Waals surface area contributed by atoms with Crippen LogP contribution < -0.4 is 10.3 Å². The molecule has 0 atom stereocenters. The van der Waals surface area contributed by atoms with Gasteiger partial charge in [0.2, 0.25) is 0 Å². The average Bonchev–Trinajstić information content (AvgIpc) is 3.17. The van der Waals surface area contributed by atoms with Gasteiger partial charge >= 0.3 is 13.2 Å². The first-order valence-electron chi connectivity index (χ1n) is 9.34. The van der Waals surface area contributed by atoms with Gasteiger partial charge in [-0.3, -0.25) is 4.84 Å². The lowest BCUT2D eigenvalue weighted by Crippen LogP contribution is -2.41. The fourth-order valence-corrected chi connectivity index (χ4v) is 3.18. The molecule has 8 heteroatoms. The maximum absolute atomic E-state index is 12.3. The maximum atomic E-state index is 12.3. The Morgan fingerprint density at radius 1 is 1.15 bits per heavy atom. The van der Waals surface area contributed by atoms with Crippen LogP contribution in [0.4, 0.5) is 4.79 Å². The first kappa shape index (κ1) is 19.2. The highest BCUT2D eigenvalue weighted by molar-refractivity contribution is 6.62. The first-order chi connectivity index (χ1) is 11.9. The number of hydrogen-bond donors (Lipinski definition) is 0. The molecule has 1 aromatic heterocycles. The predicted molar refractivity (Wildman–Crippen MR) is 99.4 cm³/mol. The summed E-state index contributed by atoms with van der Waals surface area (Å²) in [7, 11) is -0.548. The summed E-state index contributed by atoms with van der Waals surface area (Å²) >= 11 is 0. The Kier molecular flexibility index (Phi) is 4.64. The van der Waals surface area contributed by atoms with E-state index in [1.54, 1.807) is 11.1 Å². The van der Waals surface area contributed by atoms with Gasteiger partial charge in [-0.1, -0.05) is 25.6 Å². The molecule has 144 valence electrons. The lowest BCUT2D eigenvalue weighted by Gasteiger charge is -2.32. The summed E-state index contributed by atoms with van der Waals surface area (Å²) in [5, 5.41) is 4.52. The zero-order valence-corrected chi connectivity index (χ0v) is 17.0. The van der Waals surface area contributed by atoms with Crippen molar-refractivity contribution in [1.29, 1.82) is 0 Å². The second-order valence-corrected chi connectivity index (χ2v) is 9.23. The number of carbonyl (C=O) groups is 1. The largest absolute Gasteiger partial charge is 0.498 e. The smallest absolute Gasteiger partial charge is 0.399 e. The van der Waals surface area contributed by atoms with Crippen LogP contribution in [0.5, 0.6) is 0 Å². The van der Waals surface area contributed by atoms with Crippen molar-refractivity contribution in [1.82, 2.24) is 14.8 Å². The minimum Gasteiger partial charge on any atom is -0.399 e. The molecular formula is C18H30BN3O4. The lowest BCUT2D eigenvalue weighted by atomic mass is 9.74. The van der Waals surface area contributed by atoms with Gasteiger partial charge in [0.25, 0.3) is 0 Å². The minimum atomic E-state index is -0.548. The van der Waals surface area contributed by atoms with Crippen LogP contribution in [0.15, 0.2) is 6.20 Å². The first-order valence-corrected chi connectivity index (χ1v) is 9.34. The molecule has 0 aliphatic carbocycles. The molecule has 7 nitrogen and oxygen atoms in total. The summed E-state index contributed by atoms with van der Waals surface area (Å²) in [4.78, 5) is 20.7. The van der Waals surface area contributed by atoms with E-state index in [1.807, 2.05) is 27.7 Å². The van der Waals surface area contributed by atoms with Gasteiger partial charge in [-0.15, -0.1) is 5.10 Å². The number of carbonyl (C=O) groups excluding carboxylic acids is 1. The molecule has 2 fully saturated rings. The third-order valence-electron chi connectivity index (χ3n) is 5.47. The second-order valence-electron chi connectivity index (χ2n) is 9.23. The molecule has 26 heavy (non-hydrogen) atoms. The van der Waals surface area contributed by atoms with E-state index in [0.29, 0.717) is 0 Å². The Morgan fingerprint density at radius 2 is 1.69 bits per heavy atom. The summed E-state index contributed by atoms with van der Waals surface area (Å²) in [5.41, 5.74) is 0.461. The van der Waals surface area contributed by atoms with Gasteiger partial charge in [0.15, 0.2) is 0 Å². The number of hydrogen-bond acceptors (Lipinski definition) is 5. The fourth-order valence-electron chi connectivity index (χ4n) is 3.18. The van der Waals surface area contributed by atoms with Crippen molar-refractivity contribution in [2.75, 3.05) is 13.1 Å². The fraction of sp³-hybridized carbons (Fsp3) is 0.778. The zero-order valence-electron chi connectivity index (χ0n) is 17.0. The molecule has 1 amide bonds. The highest BCUT2D eigenvalue weighted by atomic mass is 16.7. The van der Waals surface area contributed by atoms with Crippen LogP contribution in [0.1, 0.15) is 67.0 Å². The second kappa shape index (κ2) is 6.27. The van der Waals surface area contributed by atoms with E-state index in [0.717, 1.165) is 37.1 Å². The van der Waals surface area contributed by atoms with E-state index in [2.05, 4.69) is 25.9 Å². The number of nitrogens with zero attached hydrogens (tertiary/aromatic N) is 3. The molecule has 0 radical (unpaired) electrons. The van der Waals surface area contributed by atoms with Crippen molar-refractivity contribution in [2.45, 2.75) is 77.9 Å². The summed E-state index contributed by atoms with van der Waals surface area (Å²) in [6.45, 7) is 15.7. The molecule has 0 spiro atoms. The zero-order chi connectivity index (χ0) is 19.3. The maximum Gasteiger partial charge on any atom is 0.498 e. The molecule has 0 bridgehead atoms. The molecule has 2 aliphatic rings. The highest BCUT2D eigenvalue weighted by Crippen LogP contribution is 2.37. The van der Waals surface area contributed by atoms with Crippen molar-refractivity contribution < 1.29 is 18.9 Å². The van der Waals surface area contributed by atoms with E-state index >= 15 is 0 Å². The summed E-state index contributed by atoms with van der Waals surface area (Å²) in [6.07, 6.45) is 3.36. The Bertz CT molecular complexity index is 671. The quantitative estimate of drug-likeness (QED) is 0.753. The van der Waals surface area contributed by atoms with Gasteiger partial charge in [0.1, 0.15) is 0 Å². The Labute approximate surface area is 156 Å². The molecule has 3 rings (SSSR count). The van der Waals surface area contributed by atoms with Crippen LogP contribution in [0, 0.1) is 0 Å². The van der Waals surface area contributed by atoms with Crippen LogP contribution in [0.2, 0.25) is 0 Å². The number of likely N-dealkylation sites (tertiary alicyclic amines) is 1. The van der Waals surface area contributed by atoms with Gasteiger partial charge in [0, 0.05) is 24.0 Å². The standard InChI is InChI=1S/C18H30BN3O4/c1-16(2,3)14-13(19-25-17(4,5)18(6,7)26-19)12-22(20-14)24-15(23)21-10-8-9-11-21/h12H,8-11H2,1-7H3. The average molecular weight is 363 g/mol. The molecule has 3 heterocycles. The molecule has 2 aliphatic heterocycles. The molecular weight excluding hydrogens is 333 g/mol. The highest BCUT2D eigenvalue weighted by Gasteiger charge is 2.53. The normalized spacial score (nSPS) is 22.1. The molecule has 0 aromatic carbocycles. The third-order valence-corrected chi connectivity index (χ3v) is 5.47. The van der Waals surface area contributed by atoms with Crippen LogP contribution in [0.3, 0.4) is 0 Å². The van der Waals surface area contributed by atoms with E-state index in [4.69, 9.17) is 14.1 Å². The van der Waals surface area contributed by atoms with Crippen molar-refractivity contribution >= 4 is 18.7 Å². The molecule has 2 saturated heterocycles. The van der Waals surface area contributed by atoms with Crippen LogP contribution >= 0.6 is 0 Å². The number of rotatable bonds is 2. The third kappa shape index (κ3) is 3.49. The Balaban J connectivity index is 1.87. The molecule has 0 saturated carbocycles. The van der Waals surface area contributed by atoms with Gasteiger partial charge < -0.3 is 14.2 Å². The minimum absolute atomic E-state index is 0.246. The topological polar surface area (TPSA) is 65.8 Å². The van der Waals surface area contributed by atoms with Crippen LogP contribution in [0.25, 0.3) is 0 Å². The molecule has 0 unspecified atom stereocenters. The number of amides is 1. The van der Waals surface area contributed by atoms with E-state index in [-0.39, 0.29) is 11.5 Å². The van der Waals surface area contributed by atoms with Gasteiger partial charge in [-0.2, -0.15) is 0 Å². The van der Waals surface area contributed by atoms with Crippen molar-refractivity contribution in [3.05, 3.63) is 11.9 Å². The van der Waals surface area contributed by atoms with Crippen molar-refractivity contribution in [3.8, 4) is 0 Å². The predicted octanol–water partition coefficient (Wildman–Crippen LogP) is 2.12.